The Balaban J connectivity index is 1.75. The summed E-state index contributed by atoms with van der Waals surface area (Å²) >= 11 is 0. The summed E-state index contributed by atoms with van der Waals surface area (Å²) in [6.07, 6.45) is 6.12. The Morgan fingerprint density at radius 3 is 2.80 bits per heavy atom. The molecule has 6 nitrogen and oxygen atoms in total. The van der Waals surface area contributed by atoms with Crippen molar-refractivity contribution < 1.29 is 9.90 Å². The van der Waals surface area contributed by atoms with Crippen LogP contribution in [0.15, 0.2) is 36.7 Å². The molecule has 132 valence electrons. The number of pyridine rings is 2. The molecule has 2 aromatic rings. The van der Waals surface area contributed by atoms with Crippen LogP contribution in [-0.4, -0.2) is 40.7 Å². The van der Waals surface area contributed by atoms with E-state index >= 15 is 0 Å². The lowest BCUT2D eigenvalue weighted by atomic mass is 9.98. The highest BCUT2D eigenvalue weighted by atomic mass is 16.3. The third kappa shape index (κ3) is 4.14. The minimum absolute atomic E-state index is 0.227. The standard InChI is InChI=1S/C19H24N4O2/c1-2-14-5-9-20-17(12-14)19(25)22-16-4-3-8-21-18(16)23-10-6-15(13-24)7-11-23/h3-5,8-9,12,15,24H,2,6-7,10-11,13H2,1H3,(H,22,25). The lowest BCUT2D eigenvalue weighted by molar-refractivity contribution is 0.102. The maximum Gasteiger partial charge on any atom is 0.274 e. The molecule has 25 heavy (non-hydrogen) atoms. The van der Waals surface area contributed by atoms with E-state index in [0.717, 1.165) is 43.7 Å². The van der Waals surface area contributed by atoms with Gasteiger partial charge in [0.15, 0.2) is 5.82 Å². The number of carbonyl (C=O) groups excluding carboxylic acids is 1. The summed E-state index contributed by atoms with van der Waals surface area (Å²) in [5.41, 5.74) is 2.18. The molecule has 0 unspecified atom stereocenters. The Hall–Kier alpha value is -2.47. The van der Waals surface area contributed by atoms with E-state index < -0.39 is 0 Å². The van der Waals surface area contributed by atoms with Gasteiger partial charge >= 0.3 is 0 Å². The van der Waals surface area contributed by atoms with Gasteiger partial charge in [0.05, 0.1) is 5.69 Å². The van der Waals surface area contributed by atoms with Crippen molar-refractivity contribution in [3.63, 3.8) is 0 Å². The van der Waals surface area contributed by atoms with Gasteiger partial charge in [0, 0.05) is 32.1 Å². The van der Waals surface area contributed by atoms with Gasteiger partial charge in [-0.05, 0) is 55.0 Å². The van der Waals surface area contributed by atoms with E-state index in [1.165, 1.54) is 0 Å². The molecule has 2 aromatic heterocycles. The van der Waals surface area contributed by atoms with Crippen LogP contribution in [0.5, 0.6) is 0 Å². The van der Waals surface area contributed by atoms with Gasteiger partial charge in [-0.15, -0.1) is 0 Å². The van der Waals surface area contributed by atoms with Gasteiger partial charge < -0.3 is 15.3 Å². The van der Waals surface area contributed by atoms with Crippen LogP contribution >= 0.6 is 0 Å². The number of hydrogen-bond acceptors (Lipinski definition) is 5. The van der Waals surface area contributed by atoms with Crippen LogP contribution < -0.4 is 10.2 Å². The minimum atomic E-state index is -0.227. The Kier molecular flexibility index (Phi) is 5.60. The van der Waals surface area contributed by atoms with Crippen molar-refractivity contribution in [1.29, 1.82) is 0 Å². The van der Waals surface area contributed by atoms with Gasteiger partial charge in [0.25, 0.3) is 5.91 Å². The van der Waals surface area contributed by atoms with E-state index in [9.17, 15) is 9.90 Å². The summed E-state index contributed by atoms with van der Waals surface area (Å²) in [6, 6.07) is 7.41. The van der Waals surface area contributed by atoms with E-state index in [4.69, 9.17) is 0 Å². The normalized spacial score (nSPS) is 15.2. The van der Waals surface area contributed by atoms with Gasteiger partial charge in [-0.3, -0.25) is 9.78 Å². The molecular weight excluding hydrogens is 316 g/mol. The average Bonchev–Trinajstić information content (AvgIpc) is 2.68. The van der Waals surface area contributed by atoms with Crippen LogP contribution in [-0.2, 0) is 6.42 Å². The largest absolute Gasteiger partial charge is 0.396 e. The van der Waals surface area contributed by atoms with Crippen molar-refractivity contribution >= 4 is 17.4 Å². The zero-order chi connectivity index (χ0) is 17.6. The monoisotopic (exact) mass is 340 g/mol. The first-order valence-corrected chi connectivity index (χ1v) is 8.78. The predicted molar refractivity (Wildman–Crippen MR) is 97.8 cm³/mol. The van der Waals surface area contributed by atoms with E-state index in [-0.39, 0.29) is 12.5 Å². The molecule has 2 N–H and O–H groups in total. The van der Waals surface area contributed by atoms with Gasteiger partial charge in [-0.2, -0.15) is 0 Å². The highest BCUT2D eigenvalue weighted by molar-refractivity contribution is 6.04. The quantitative estimate of drug-likeness (QED) is 0.874. The molecule has 6 heteroatoms. The molecular formula is C19H24N4O2. The second-order valence-corrected chi connectivity index (χ2v) is 6.34. The van der Waals surface area contributed by atoms with Gasteiger partial charge in [0.2, 0.25) is 0 Å². The van der Waals surface area contributed by atoms with E-state index in [1.54, 1.807) is 12.4 Å². The number of aromatic nitrogens is 2. The number of piperidine rings is 1. The lowest BCUT2D eigenvalue weighted by Gasteiger charge is -2.33. The van der Waals surface area contributed by atoms with Crippen LogP contribution in [0.25, 0.3) is 0 Å². The number of amides is 1. The predicted octanol–water partition coefficient (Wildman–Crippen LogP) is 2.50. The van der Waals surface area contributed by atoms with Crippen molar-refractivity contribution in [2.75, 3.05) is 29.9 Å². The number of nitrogens with one attached hydrogen (secondary N) is 1. The summed E-state index contributed by atoms with van der Waals surface area (Å²) in [5.74, 6) is 0.910. The number of anilines is 2. The van der Waals surface area contributed by atoms with Crippen LogP contribution in [0.2, 0.25) is 0 Å². The summed E-state index contributed by atoms with van der Waals surface area (Å²) in [4.78, 5) is 23.4. The third-order valence-electron chi connectivity index (χ3n) is 4.67. The van der Waals surface area contributed by atoms with Crippen molar-refractivity contribution in [1.82, 2.24) is 9.97 Å². The molecule has 1 saturated heterocycles. The van der Waals surface area contributed by atoms with E-state index in [1.807, 2.05) is 31.2 Å². The Morgan fingerprint density at radius 1 is 1.28 bits per heavy atom. The Labute approximate surface area is 147 Å². The highest BCUT2D eigenvalue weighted by Crippen LogP contribution is 2.27. The number of hydrogen-bond donors (Lipinski definition) is 2. The molecule has 1 amide bonds. The van der Waals surface area contributed by atoms with Crippen molar-refractivity contribution in [2.45, 2.75) is 26.2 Å². The summed E-state index contributed by atoms with van der Waals surface area (Å²) in [7, 11) is 0. The Morgan fingerprint density at radius 2 is 2.08 bits per heavy atom. The van der Waals surface area contributed by atoms with Gasteiger partial charge in [-0.1, -0.05) is 6.92 Å². The number of aryl methyl sites for hydroxylation is 1. The summed E-state index contributed by atoms with van der Waals surface area (Å²) in [6.45, 7) is 3.94. The number of carbonyl (C=O) groups is 1. The molecule has 3 heterocycles. The smallest absolute Gasteiger partial charge is 0.274 e. The second kappa shape index (κ2) is 8.07. The second-order valence-electron chi connectivity index (χ2n) is 6.34. The van der Waals surface area contributed by atoms with Crippen LogP contribution in [0, 0.1) is 5.92 Å². The Bertz CT molecular complexity index is 727. The molecule has 0 radical (unpaired) electrons. The molecule has 0 saturated carbocycles. The molecule has 1 aliphatic heterocycles. The fraction of sp³-hybridized carbons (Fsp3) is 0.421. The number of rotatable bonds is 5. The SMILES string of the molecule is CCc1ccnc(C(=O)Nc2cccnc2N2CCC(CO)CC2)c1. The average molecular weight is 340 g/mol. The number of nitrogens with zero attached hydrogens (tertiary/aromatic N) is 3. The molecule has 0 atom stereocenters. The maximum absolute atomic E-state index is 12.6. The van der Waals surface area contributed by atoms with Crippen molar-refractivity contribution in [2.24, 2.45) is 5.92 Å². The first kappa shape index (κ1) is 17.4. The first-order chi connectivity index (χ1) is 12.2. The van der Waals surface area contributed by atoms with Gasteiger partial charge in [-0.25, -0.2) is 4.98 Å². The molecule has 1 aliphatic rings. The molecule has 1 fully saturated rings. The maximum atomic E-state index is 12.6. The fourth-order valence-corrected chi connectivity index (χ4v) is 3.08. The van der Waals surface area contributed by atoms with Gasteiger partial charge in [0.1, 0.15) is 5.69 Å². The topological polar surface area (TPSA) is 78.4 Å². The summed E-state index contributed by atoms with van der Waals surface area (Å²) in [5, 5.41) is 12.2. The molecule has 0 aliphatic carbocycles. The molecule has 0 spiro atoms. The van der Waals surface area contributed by atoms with E-state index in [2.05, 4.69) is 20.2 Å². The number of aliphatic hydroxyl groups is 1. The van der Waals surface area contributed by atoms with Crippen molar-refractivity contribution in [3.8, 4) is 0 Å². The van der Waals surface area contributed by atoms with Crippen molar-refractivity contribution in [3.05, 3.63) is 47.9 Å². The van der Waals surface area contributed by atoms with Crippen LogP contribution in [0.4, 0.5) is 11.5 Å². The fourth-order valence-electron chi connectivity index (χ4n) is 3.08. The molecule has 0 bridgehead atoms. The zero-order valence-electron chi connectivity index (χ0n) is 14.5. The lowest BCUT2D eigenvalue weighted by Crippen LogP contribution is -2.36. The summed E-state index contributed by atoms with van der Waals surface area (Å²) < 4.78 is 0. The van der Waals surface area contributed by atoms with Crippen LogP contribution in [0.3, 0.4) is 0 Å². The van der Waals surface area contributed by atoms with Crippen LogP contribution in [0.1, 0.15) is 35.8 Å². The zero-order valence-corrected chi connectivity index (χ0v) is 14.5. The third-order valence-corrected chi connectivity index (χ3v) is 4.67. The first-order valence-electron chi connectivity index (χ1n) is 8.78. The molecule has 0 aromatic carbocycles. The minimum Gasteiger partial charge on any atom is -0.396 e. The molecule has 3 rings (SSSR count). The highest BCUT2D eigenvalue weighted by Gasteiger charge is 2.22. The van der Waals surface area contributed by atoms with E-state index in [0.29, 0.717) is 17.3 Å². The number of aliphatic hydroxyl groups excluding tert-OH is 1.